The molecule has 1 amide bonds. The summed E-state index contributed by atoms with van der Waals surface area (Å²) in [6, 6.07) is 2.21. The second-order valence-electron chi connectivity index (χ2n) is 4.47. The van der Waals surface area contributed by atoms with Crippen LogP contribution in [0.5, 0.6) is 0 Å². The quantitative estimate of drug-likeness (QED) is 0.686. The minimum Gasteiger partial charge on any atom is -0.323 e. The SMILES string of the molecule is C[C@H]1CC[C@@H](C#N)N1C(=O)[C@@H]1CCCN1. The molecule has 0 aliphatic carbocycles. The van der Waals surface area contributed by atoms with Crippen molar-refractivity contribution in [3.8, 4) is 6.07 Å². The molecule has 4 nitrogen and oxygen atoms in total. The van der Waals surface area contributed by atoms with Crippen LogP contribution >= 0.6 is 0 Å². The van der Waals surface area contributed by atoms with Crippen LogP contribution < -0.4 is 5.32 Å². The smallest absolute Gasteiger partial charge is 0.241 e. The van der Waals surface area contributed by atoms with E-state index in [1.807, 2.05) is 6.92 Å². The van der Waals surface area contributed by atoms with Gasteiger partial charge >= 0.3 is 0 Å². The van der Waals surface area contributed by atoms with Crippen molar-refractivity contribution >= 4 is 5.91 Å². The molecule has 4 heteroatoms. The highest BCUT2D eigenvalue weighted by Crippen LogP contribution is 2.25. The summed E-state index contributed by atoms with van der Waals surface area (Å²) in [4.78, 5) is 13.9. The van der Waals surface area contributed by atoms with Gasteiger partial charge in [-0.2, -0.15) is 5.26 Å². The molecule has 2 heterocycles. The normalized spacial score (nSPS) is 35.5. The van der Waals surface area contributed by atoms with E-state index in [-0.39, 0.29) is 24.0 Å². The maximum absolute atomic E-state index is 12.1. The molecule has 0 bridgehead atoms. The zero-order valence-electron chi connectivity index (χ0n) is 9.07. The molecule has 2 aliphatic rings. The Labute approximate surface area is 90.2 Å². The van der Waals surface area contributed by atoms with E-state index in [2.05, 4.69) is 11.4 Å². The second-order valence-corrected chi connectivity index (χ2v) is 4.47. The third-order valence-electron chi connectivity index (χ3n) is 3.43. The molecule has 0 aromatic heterocycles. The monoisotopic (exact) mass is 207 g/mol. The molecule has 0 aromatic rings. The van der Waals surface area contributed by atoms with E-state index in [4.69, 9.17) is 5.26 Å². The van der Waals surface area contributed by atoms with E-state index in [0.717, 1.165) is 32.2 Å². The van der Waals surface area contributed by atoms with Crippen LogP contribution in [0.4, 0.5) is 0 Å². The number of likely N-dealkylation sites (tertiary alicyclic amines) is 1. The predicted molar refractivity (Wildman–Crippen MR) is 56.0 cm³/mol. The van der Waals surface area contributed by atoms with Crippen molar-refractivity contribution in [2.24, 2.45) is 0 Å². The van der Waals surface area contributed by atoms with Gasteiger partial charge < -0.3 is 10.2 Å². The molecule has 2 saturated heterocycles. The Hall–Kier alpha value is -1.08. The number of nitriles is 1. The van der Waals surface area contributed by atoms with Crippen molar-refractivity contribution in [3.05, 3.63) is 0 Å². The number of rotatable bonds is 1. The van der Waals surface area contributed by atoms with Gasteiger partial charge in [-0.1, -0.05) is 0 Å². The van der Waals surface area contributed by atoms with Crippen molar-refractivity contribution in [3.63, 3.8) is 0 Å². The minimum atomic E-state index is -0.199. The molecule has 0 saturated carbocycles. The summed E-state index contributed by atoms with van der Waals surface area (Å²) in [7, 11) is 0. The number of carbonyl (C=O) groups excluding carboxylic acids is 1. The number of nitrogens with zero attached hydrogens (tertiary/aromatic N) is 2. The van der Waals surface area contributed by atoms with Gasteiger partial charge in [-0.3, -0.25) is 4.79 Å². The van der Waals surface area contributed by atoms with Gasteiger partial charge in [-0.15, -0.1) is 0 Å². The first-order chi connectivity index (χ1) is 7.24. The Bertz CT molecular complexity index is 291. The van der Waals surface area contributed by atoms with E-state index >= 15 is 0 Å². The largest absolute Gasteiger partial charge is 0.323 e. The van der Waals surface area contributed by atoms with E-state index in [1.165, 1.54) is 0 Å². The highest BCUT2D eigenvalue weighted by atomic mass is 16.2. The molecular formula is C11H17N3O. The molecule has 0 radical (unpaired) electrons. The highest BCUT2D eigenvalue weighted by molar-refractivity contribution is 5.83. The van der Waals surface area contributed by atoms with Gasteiger partial charge in [0.2, 0.25) is 5.91 Å². The van der Waals surface area contributed by atoms with Crippen molar-refractivity contribution < 1.29 is 4.79 Å². The second kappa shape index (κ2) is 4.19. The maximum Gasteiger partial charge on any atom is 0.241 e. The number of hydrogen-bond donors (Lipinski definition) is 1. The first-order valence-electron chi connectivity index (χ1n) is 5.69. The standard InChI is InChI=1S/C11H17N3O/c1-8-4-5-9(7-12)14(8)11(15)10-3-2-6-13-10/h8-10,13H,2-6H2,1H3/t8-,9-,10-/m0/s1. The van der Waals surface area contributed by atoms with Crippen LogP contribution in [-0.4, -0.2) is 35.5 Å². The number of hydrogen-bond acceptors (Lipinski definition) is 3. The van der Waals surface area contributed by atoms with Crippen LogP contribution in [0.2, 0.25) is 0 Å². The van der Waals surface area contributed by atoms with Crippen LogP contribution in [0.1, 0.15) is 32.6 Å². The summed E-state index contributed by atoms with van der Waals surface area (Å²) in [5.41, 5.74) is 0. The lowest BCUT2D eigenvalue weighted by molar-refractivity contribution is -0.134. The summed E-state index contributed by atoms with van der Waals surface area (Å²) in [5.74, 6) is 0.129. The van der Waals surface area contributed by atoms with Crippen LogP contribution in [-0.2, 0) is 4.79 Å². The molecule has 15 heavy (non-hydrogen) atoms. The zero-order valence-corrected chi connectivity index (χ0v) is 9.07. The molecule has 82 valence electrons. The fraction of sp³-hybridized carbons (Fsp3) is 0.818. The topological polar surface area (TPSA) is 56.1 Å². The molecule has 3 atom stereocenters. The lowest BCUT2D eigenvalue weighted by Crippen LogP contribution is -2.48. The lowest BCUT2D eigenvalue weighted by Gasteiger charge is -2.27. The minimum absolute atomic E-state index is 0.0404. The number of carbonyl (C=O) groups is 1. The van der Waals surface area contributed by atoms with Crippen molar-refractivity contribution in [2.75, 3.05) is 6.54 Å². The van der Waals surface area contributed by atoms with Crippen LogP contribution in [0.3, 0.4) is 0 Å². The summed E-state index contributed by atoms with van der Waals surface area (Å²) >= 11 is 0. The molecule has 2 rings (SSSR count). The third kappa shape index (κ3) is 1.84. The van der Waals surface area contributed by atoms with Gasteiger partial charge in [0.25, 0.3) is 0 Å². The first-order valence-corrected chi connectivity index (χ1v) is 5.69. The molecule has 1 N–H and O–H groups in total. The van der Waals surface area contributed by atoms with Gasteiger partial charge in [-0.25, -0.2) is 0 Å². The Morgan fingerprint density at radius 1 is 1.47 bits per heavy atom. The van der Waals surface area contributed by atoms with Crippen molar-refractivity contribution in [1.29, 1.82) is 5.26 Å². The zero-order chi connectivity index (χ0) is 10.8. The van der Waals surface area contributed by atoms with Crippen molar-refractivity contribution in [1.82, 2.24) is 10.2 Å². The molecule has 2 aliphatic heterocycles. The summed E-state index contributed by atoms with van der Waals surface area (Å²) in [6.45, 7) is 2.96. The van der Waals surface area contributed by atoms with E-state index in [9.17, 15) is 4.79 Å². The molecule has 2 fully saturated rings. The van der Waals surface area contributed by atoms with E-state index in [1.54, 1.807) is 4.90 Å². The fourth-order valence-electron chi connectivity index (χ4n) is 2.56. The predicted octanol–water partition coefficient (Wildman–Crippen LogP) is 0.641. The molecule has 0 spiro atoms. The van der Waals surface area contributed by atoms with E-state index in [0.29, 0.717) is 0 Å². The van der Waals surface area contributed by atoms with Gasteiger partial charge in [-0.05, 0) is 39.2 Å². The Morgan fingerprint density at radius 2 is 2.27 bits per heavy atom. The molecular weight excluding hydrogens is 190 g/mol. The number of nitrogens with one attached hydrogen (secondary N) is 1. The Morgan fingerprint density at radius 3 is 2.87 bits per heavy atom. The summed E-state index contributed by atoms with van der Waals surface area (Å²) in [5, 5.41) is 12.2. The first kappa shape index (κ1) is 10.4. The average molecular weight is 207 g/mol. The molecule has 0 unspecified atom stereocenters. The third-order valence-corrected chi connectivity index (χ3v) is 3.43. The van der Waals surface area contributed by atoms with Gasteiger partial charge in [0.05, 0.1) is 12.1 Å². The van der Waals surface area contributed by atoms with Crippen LogP contribution in [0.15, 0.2) is 0 Å². The van der Waals surface area contributed by atoms with Gasteiger partial charge in [0.15, 0.2) is 0 Å². The van der Waals surface area contributed by atoms with Crippen molar-refractivity contribution in [2.45, 2.75) is 50.7 Å². The van der Waals surface area contributed by atoms with Gasteiger partial charge in [0, 0.05) is 6.04 Å². The molecule has 0 aromatic carbocycles. The summed E-state index contributed by atoms with van der Waals surface area (Å²) in [6.07, 6.45) is 3.77. The van der Waals surface area contributed by atoms with Crippen LogP contribution in [0.25, 0.3) is 0 Å². The maximum atomic E-state index is 12.1. The lowest BCUT2D eigenvalue weighted by atomic mass is 10.1. The van der Waals surface area contributed by atoms with Crippen LogP contribution in [0, 0.1) is 11.3 Å². The van der Waals surface area contributed by atoms with E-state index < -0.39 is 0 Å². The summed E-state index contributed by atoms with van der Waals surface area (Å²) < 4.78 is 0. The highest BCUT2D eigenvalue weighted by Gasteiger charge is 2.38. The Kier molecular flexibility index (Phi) is 2.92. The average Bonchev–Trinajstić information content (AvgIpc) is 2.85. The number of amides is 1. The Balaban J connectivity index is 2.07. The van der Waals surface area contributed by atoms with Gasteiger partial charge in [0.1, 0.15) is 6.04 Å². The fourth-order valence-corrected chi connectivity index (χ4v) is 2.56.